The van der Waals surface area contributed by atoms with Gasteiger partial charge in [0.1, 0.15) is 5.54 Å². The molecule has 0 aromatic carbocycles. The van der Waals surface area contributed by atoms with E-state index in [1.54, 1.807) is 0 Å². The van der Waals surface area contributed by atoms with E-state index in [1.165, 1.54) is 0 Å². The molecule has 0 spiro atoms. The molecule has 5 heteroatoms. The number of nitrogens with one attached hydrogen (secondary N) is 1. The first-order chi connectivity index (χ1) is 9.98. The summed E-state index contributed by atoms with van der Waals surface area (Å²) < 4.78 is 0. The molecule has 0 heterocycles. The maximum absolute atomic E-state index is 12.6. The van der Waals surface area contributed by atoms with Gasteiger partial charge in [-0.3, -0.25) is 4.79 Å². The van der Waals surface area contributed by atoms with Crippen molar-refractivity contribution in [2.75, 3.05) is 6.54 Å². The molecule has 4 atom stereocenters. The van der Waals surface area contributed by atoms with Gasteiger partial charge in [-0.25, -0.2) is 4.79 Å². The standard InChI is InChI=1S/C16H28N2O3/c1-11-5-4-8-16(9-11,15(20)21)18-14(19)13-7-3-2-6-12(13)10-17/h11-13H,2-10,17H2,1H3,(H,18,19)(H,20,21). The zero-order valence-corrected chi connectivity index (χ0v) is 12.9. The van der Waals surface area contributed by atoms with Crippen molar-refractivity contribution in [1.29, 1.82) is 0 Å². The van der Waals surface area contributed by atoms with Crippen molar-refractivity contribution in [2.45, 2.75) is 63.8 Å². The summed E-state index contributed by atoms with van der Waals surface area (Å²) >= 11 is 0. The Bertz CT molecular complexity index is 399. The molecule has 4 unspecified atom stereocenters. The lowest BCUT2D eigenvalue weighted by molar-refractivity contribution is -0.151. The van der Waals surface area contributed by atoms with E-state index in [9.17, 15) is 14.7 Å². The highest BCUT2D eigenvalue weighted by Crippen LogP contribution is 2.35. The van der Waals surface area contributed by atoms with Crippen molar-refractivity contribution >= 4 is 11.9 Å². The van der Waals surface area contributed by atoms with Gasteiger partial charge in [0.05, 0.1) is 0 Å². The second-order valence-electron chi connectivity index (χ2n) is 6.96. The predicted octanol–water partition coefficient (Wildman–Crippen LogP) is 1.90. The molecule has 0 radical (unpaired) electrons. The molecule has 2 aliphatic rings. The molecule has 0 aromatic rings. The number of hydrogen-bond acceptors (Lipinski definition) is 3. The largest absolute Gasteiger partial charge is 0.480 e. The molecule has 4 N–H and O–H groups in total. The lowest BCUT2D eigenvalue weighted by Gasteiger charge is -2.39. The normalized spacial score (nSPS) is 37.0. The van der Waals surface area contributed by atoms with Crippen LogP contribution in [0.25, 0.3) is 0 Å². The molecule has 2 aliphatic carbocycles. The maximum atomic E-state index is 12.6. The van der Waals surface area contributed by atoms with E-state index in [0.717, 1.165) is 38.5 Å². The van der Waals surface area contributed by atoms with Crippen LogP contribution in [0.2, 0.25) is 0 Å². The zero-order chi connectivity index (χ0) is 15.5. The van der Waals surface area contributed by atoms with Crippen LogP contribution < -0.4 is 11.1 Å². The van der Waals surface area contributed by atoms with Gasteiger partial charge in [0.25, 0.3) is 0 Å². The predicted molar refractivity (Wildman–Crippen MR) is 80.6 cm³/mol. The molecule has 2 fully saturated rings. The fourth-order valence-electron chi connectivity index (χ4n) is 4.08. The summed E-state index contributed by atoms with van der Waals surface area (Å²) in [5, 5.41) is 12.5. The monoisotopic (exact) mass is 296 g/mol. The third-order valence-corrected chi connectivity index (χ3v) is 5.32. The number of rotatable bonds is 4. The van der Waals surface area contributed by atoms with Gasteiger partial charge in [0.15, 0.2) is 0 Å². The Kier molecular flexibility index (Phi) is 5.25. The highest BCUT2D eigenvalue weighted by Gasteiger charge is 2.44. The summed E-state index contributed by atoms with van der Waals surface area (Å²) in [7, 11) is 0. The van der Waals surface area contributed by atoms with Gasteiger partial charge in [-0.05, 0) is 44.1 Å². The topological polar surface area (TPSA) is 92.4 Å². The zero-order valence-electron chi connectivity index (χ0n) is 12.9. The van der Waals surface area contributed by atoms with Crippen LogP contribution in [0.1, 0.15) is 58.3 Å². The minimum absolute atomic E-state index is 0.0957. The number of nitrogens with two attached hydrogens (primary N) is 1. The highest BCUT2D eigenvalue weighted by molar-refractivity contribution is 5.88. The summed E-state index contributed by atoms with van der Waals surface area (Å²) in [6.45, 7) is 2.57. The molecule has 0 bridgehead atoms. The van der Waals surface area contributed by atoms with E-state index in [4.69, 9.17) is 5.73 Å². The van der Waals surface area contributed by atoms with Crippen molar-refractivity contribution in [3.05, 3.63) is 0 Å². The molecule has 120 valence electrons. The summed E-state index contributed by atoms with van der Waals surface area (Å²) in [6.07, 6.45) is 6.94. The summed E-state index contributed by atoms with van der Waals surface area (Å²) in [5.74, 6) is -0.557. The molecule has 0 aliphatic heterocycles. The smallest absolute Gasteiger partial charge is 0.329 e. The molecule has 0 aromatic heterocycles. The van der Waals surface area contributed by atoms with Crippen molar-refractivity contribution in [3.63, 3.8) is 0 Å². The Balaban J connectivity index is 2.09. The number of carbonyl (C=O) groups excluding carboxylic acids is 1. The Morgan fingerprint density at radius 2 is 1.95 bits per heavy atom. The summed E-state index contributed by atoms with van der Waals surface area (Å²) in [6, 6.07) is 0. The van der Waals surface area contributed by atoms with Gasteiger partial charge < -0.3 is 16.2 Å². The first-order valence-electron chi connectivity index (χ1n) is 8.24. The van der Waals surface area contributed by atoms with Crippen LogP contribution in [-0.2, 0) is 9.59 Å². The second-order valence-corrected chi connectivity index (χ2v) is 6.96. The van der Waals surface area contributed by atoms with Crippen LogP contribution in [0, 0.1) is 17.8 Å². The third kappa shape index (κ3) is 3.57. The Labute approximate surface area is 126 Å². The van der Waals surface area contributed by atoms with Gasteiger partial charge in [0, 0.05) is 5.92 Å². The first-order valence-corrected chi connectivity index (χ1v) is 8.24. The molecule has 2 saturated carbocycles. The molecular formula is C16H28N2O3. The van der Waals surface area contributed by atoms with E-state index in [2.05, 4.69) is 12.2 Å². The maximum Gasteiger partial charge on any atom is 0.329 e. The first kappa shape index (κ1) is 16.3. The molecular weight excluding hydrogens is 268 g/mol. The van der Waals surface area contributed by atoms with Gasteiger partial charge in [-0.15, -0.1) is 0 Å². The van der Waals surface area contributed by atoms with Crippen LogP contribution in [0.3, 0.4) is 0 Å². The van der Waals surface area contributed by atoms with Crippen molar-refractivity contribution < 1.29 is 14.7 Å². The van der Waals surface area contributed by atoms with E-state index < -0.39 is 11.5 Å². The van der Waals surface area contributed by atoms with Crippen molar-refractivity contribution in [1.82, 2.24) is 5.32 Å². The minimum Gasteiger partial charge on any atom is -0.480 e. The van der Waals surface area contributed by atoms with E-state index >= 15 is 0 Å². The fraction of sp³-hybridized carbons (Fsp3) is 0.875. The van der Waals surface area contributed by atoms with Crippen molar-refractivity contribution in [2.24, 2.45) is 23.5 Å². The van der Waals surface area contributed by atoms with Crippen LogP contribution >= 0.6 is 0 Å². The summed E-state index contributed by atoms with van der Waals surface area (Å²) in [5.41, 5.74) is 4.72. The molecule has 5 nitrogen and oxygen atoms in total. The van der Waals surface area contributed by atoms with Gasteiger partial charge in [-0.2, -0.15) is 0 Å². The van der Waals surface area contributed by atoms with Crippen LogP contribution in [0.15, 0.2) is 0 Å². The number of aliphatic carboxylic acids is 1. The van der Waals surface area contributed by atoms with E-state index in [1.807, 2.05) is 0 Å². The average molecular weight is 296 g/mol. The van der Waals surface area contributed by atoms with Crippen LogP contribution in [-0.4, -0.2) is 29.1 Å². The van der Waals surface area contributed by atoms with Crippen molar-refractivity contribution in [3.8, 4) is 0 Å². The number of hydrogen-bond donors (Lipinski definition) is 3. The second kappa shape index (κ2) is 6.77. The Morgan fingerprint density at radius 3 is 2.57 bits per heavy atom. The third-order valence-electron chi connectivity index (χ3n) is 5.32. The number of carboxylic acids is 1. The molecule has 1 amide bonds. The Hall–Kier alpha value is -1.10. The lowest BCUT2D eigenvalue weighted by atomic mass is 9.74. The minimum atomic E-state index is -1.06. The molecule has 0 saturated heterocycles. The SMILES string of the molecule is CC1CCCC(NC(=O)C2CCCCC2CN)(C(=O)O)C1. The van der Waals surface area contributed by atoms with E-state index in [-0.39, 0.29) is 17.7 Å². The Morgan fingerprint density at radius 1 is 1.24 bits per heavy atom. The fourth-order valence-corrected chi connectivity index (χ4v) is 4.08. The van der Waals surface area contributed by atoms with Crippen LogP contribution in [0.5, 0.6) is 0 Å². The molecule has 21 heavy (non-hydrogen) atoms. The number of carbonyl (C=O) groups is 2. The summed E-state index contributed by atoms with van der Waals surface area (Å²) in [4.78, 5) is 24.4. The van der Waals surface area contributed by atoms with E-state index in [0.29, 0.717) is 25.3 Å². The van der Waals surface area contributed by atoms with Gasteiger partial charge >= 0.3 is 5.97 Å². The number of amides is 1. The average Bonchev–Trinajstić information content (AvgIpc) is 2.47. The lowest BCUT2D eigenvalue weighted by Crippen LogP contribution is -2.59. The highest BCUT2D eigenvalue weighted by atomic mass is 16.4. The van der Waals surface area contributed by atoms with Gasteiger partial charge in [0.2, 0.25) is 5.91 Å². The number of carboxylic acid groups (broad SMARTS) is 1. The van der Waals surface area contributed by atoms with Crippen LogP contribution in [0.4, 0.5) is 0 Å². The molecule has 2 rings (SSSR count). The quantitative estimate of drug-likeness (QED) is 0.738. The van der Waals surface area contributed by atoms with Gasteiger partial charge in [-0.1, -0.05) is 32.6 Å².